The maximum absolute atomic E-state index is 12.4. The molecule has 0 aliphatic rings. The lowest BCUT2D eigenvalue weighted by atomic mass is 10.1. The SMILES string of the molecule is O=C(NCc1ccccc1Cn1cccn1)c1cc([N+](=O)[O-])ccc1Cl. The maximum Gasteiger partial charge on any atom is 0.270 e. The van der Waals surface area contributed by atoms with Crippen LogP contribution in [0.15, 0.2) is 60.9 Å². The largest absolute Gasteiger partial charge is 0.348 e. The predicted octanol–water partition coefficient (Wildman–Crippen LogP) is 3.42. The number of hydrogen-bond donors (Lipinski definition) is 1. The van der Waals surface area contributed by atoms with Crippen LogP contribution in [0, 0.1) is 10.1 Å². The highest BCUT2D eigenvalue weighted by molar-refractivity contribution is 6.33. The third-order valence-corrected chi connectivity index (χ3v) is 4.18. The lowest BCUT2D eigenvalue weighted by Crippen LogP contribution is -2.24. The number of hydrogen-bond acceptors (Lipinski definition) is 4. The van der Waals surface area contributed by atoms with Gasteiger partial charge in [-0.1, -0.05) is 35.9 Å². The summed E-state index contributed by atoms with van der Waals surface area (Å²) in [5.74, 6) is -0.465. The Hall–Kier alpha value is -3.19. The van der Waals surface area contributed by atoms with E-state index in [0.29, 0.717) is 6.54 Å². The first-order chi connectivity index (χ1) is 12.5. The number of carbonyl (C=O) groups is 1. The molecular weight excluding hydrogens is 356 g/mol. The van der Waals surface area contributed by atoms with Crippen molar-refractivity contribution in [2.45, 2.75) is 13.1 Å². The van der Waals surface area contributed by atoms with Crippen LogP contribution in [0.3, 0.4) is 0 Å². The number of carbonyl (C=O) groups excluding carboxylic acids is 1. The molecule has 1 N–H and O–H groups in total. The van der Waals surface area contributed by atoms with Gasteiger partial charge in [-0.25, -0.2) is 0 Å². The Morgan fingerprint density at radius 2 is 1.96 bits per heavy atom. The summed E-state index contributed by atoms with van der Waals surface area (Å²) in [5, 5.41) is 18.0. The van der Waals surface area contributed by atoms with Gasteiger partial charge in [0, 0.05) is 31.1 Å². The van der Waals surface area contributed by atoms with Crippen LogP contribution in [0.25, 0.3) is 0 Å². The molecular formula is C18H15ClN4O3. The number of aromatic nitrogens is 2. The molecule has 8 heteroatoms. The fourth-order valence-corrected chi connectivity index (χ4v) is 2.73. The Morgan fingerprint density at radius 1 is 1.19 bits per heavy atom. The number of nitrogens with zero attached hydrogens (tertiary/aromatic N) is 3. The summed E-state index contributed by atoms with van der Waals surface area (Å²) < 4.78 is 1.79. The van der Waals surface area contributed by atoms with Gasteiger partial charge < -0.3 is 5.32 Å². The highest BCUT2D eigenvalue weighted by Gasteiger charge is 2.16. The number of halogens is 1. The van der Waals surface area contributed by atoms with Gasteiger partial charge in [0.05, 0.1) is 22.1 Å². The average molecular weight is 371 g/mol. The normalized spacial score (nSPS) is 10.5. The van der Waals surface area contributed by atoms with Crippen LogP contribution in [0.2, 0.25) is 5.02 Å². The van der Waals surface area contributed by atoms with Gasteiger partial charge in [0.25, 0.3) is 11.6 Å². The van der Waals surface area contributed by atoms with Crippen molar-refractivity contribution in [3.8, 4) is 0 Å². The molecule has 132 valence electrons. The zero-order chi connectivity index (χ0) is 18.5. The molecule has 0 aliphatic heterocycles. The number of nitro groups is 1. The van der Waals surface area contributed by atoms with Gasteiger partial charge in [0.15, 0.2) is 0 Å². The molecule has 0 atom stereocenters. The van der Waals surface area contributed by atoms with Crippen molar-refractivity contribution < 1.29 is 9.72 Å². The third kappa shape index (κ3) is 4.07. The summed E-state index contributed by atoms with van der Waals surface area (Å²) >= 11 is 6.01. The third-order valence-electron chi connectivity index (χ3n) is 3.85. The van der Waals surface area contributed by atoms with Gasteiger partial charge >= 0.3 is 0 Å². The van der Waals surface area contributed by atoms with Gasteiger partial charge in [0.1, 0.15) is 0 Å². The van der Waals surface area contributed by atoms with E-state index < -0.39 is 10.8 Å². The number of amides is 1. The minimum absolute atomic E-state index is 0.0745. The summed E-state index contributed by atoms with van der Waals surface area (Å²) in [5.41, 5.74) is 1.84. The minimum Gasteiger partial charge on any atom is -0.348 e. The Bertz CT molecular complexity index is 941. The summed E-state index contributed by atoms with van der Waals surface area (Å²) in [6.45, 7) is 0.853. The number of rotatable bonds is 6. The lowest BCUT2D eigenvalue weighted by Gasteiger charge is -2.11. The molecule has 26 heavy (non-hydrogen) atoms. The maximum atomic E-state index is 12.4. The van der Waals surface area contributed by atoms with Gasteiger partial charge in [0.2, 0.25) is 0 Å². The predicted molar refractivity (Wildman–Crippen MR) is 97.0 cm³/mol. The van der Waals surface area contributed by atoms with Crippen LogP contribution in [-0.4, -0.2) is 20.6 Å². The molecule has 7 nitrogen and oxygen atoms in total. The molecule has 0 spiro atoms. The highest BCUT2D eigenvalue weighted by atomic mass is 35.5. The van der Waals surface area contributed by atoms with E-state index in [0.717, 1.165) is 11.1 Å². The smallest absolute Gasteiger partial charge is 0.270 e. The van der Waals surface area contributed by atoms with E-state index in [-0.39, 0.29) is 22.8 Å². The first-order valence-electron chi connectivity index (χ1n) is 7.81. The molecule has 3 rings (SSSR count). The van der Waals surface area contributed by atoms with Crippen molar-refractivity contribution in [1.82, 2.24) is 15.1 Å². The van der Waals surface area contributed by atoms with Crippen molar-refractivity contribution in [1.29, 1.82) is 0 Å². The van der Waals surface area contributed by atoms with Crippen LogP contribution in [0.1, 0.15) is 21.5 Å². The van der Waals surface area contributed by atoms with Gasteiger partial charge in [-0.2, -0.15) is 5.10 Å². The molecule has 0 bridgehead atoms. The van der Waals surface area contributed by atoms with E-state index in [4.69, 9.17) is 11.6 Å². The van der Waals surface area contributed by atoms with Crippen LogP contribution in [0.4, 0.5) is 5.69 Å². The fourth-order valence-electron chi connectivity index (χ4n) is 2.52. The molecule has 0 unspecified atom stereocenters. The zero-order valence-electron chi connectivity index (χ0n) is 13.6. The van der Waals surface area contributed by atoms with Gasteiger partial charge in [-0.15, -0.1) is 0 Å². The lowest BCUT2D eigenvalue weighted by molar-refractivity contribution is -0.384. The minimum atomic E-state index is -0.563. The second kappa shape index (κ2) is 7.79. The zero-order valence-corrected chi connectivity index (χ0v) is 14.4. The Kier molecular flexibility index (Phi) is 5.28. The van der Waals surface area contributed by atoms with Crippen molar-refractivity contribution in [3.05, 3.63) is 92.8 Å². The van der Waals surface area contributed by atoms with Crippen LogP contribution < -0.4 is 5.32 Å². The van der Waals surface area contributed by atoms with E-state index in [9.17, 15) is 14.9 Å². The summed E-state index contributed by atoms with van der Waals surface area (Å²) in [6.07, 6.45) is 3.56. The summed E-state index contributed by atoms with van der Waals surface area (Å²) in [7, 11) is 0. The summed E-state index contributed by atoms with van der Waals surface area (Å²) in [6, 6.07) is 13.3. The second-order valence-electron chi connectivity index (χ2n) is 5.58. The average Bonchev–Trinajstić information content (AvgIpc) is 3.14. The van der Waals surface area contributed by atoms with Crippen molar-refractivity contribution in [2.75, 3.05) is 0 Å². The topological polar surface area (TPSA) is 90.1 Å². The molecule has 1 aromatic heterocycles. The molecule has 2 aromatic carbocycles. The quantitative estimate of drug-likeness (QED) is 0.531. The second-order valence-corrected chi connectivity index (χ2v) is 5.98. The van der Waals surface area contributed by atoms with E-state index in [1.807, 2.05) is 36.5 Å². The Balaban J connectivity index is 1.74. The monoisotopic (exact) mass is 370 g/mol. The molecule has 0 radical (unpaired) electrons. The van der Waals surface area contributed by atoms with Crippen molar-refractivity contribution in [2.24, 2.45) is 0 Å². The van der Waals surface area contributed by atoms with E-state index in [1.54, 1.807) is 10.9 Å². The molecule has 0 saturated heterocycles. The molecule has 0 saturated carbocycles. The van der Waals surface area contributed by atoms with Crippen LogP contribution >= 0.6 is 11.6 Å². The standard InChI is InChI=1S/C18H15ClN4O3/c19-17-7-6-15(23(25)26)10-16(17)18(24)20-11-13-4-1-2-5-14(13)12-22-9-3-8-21-22/h1-10H,11-12H2,(H,20,24). The first kappa shape index (κ1) is 17.6. The van der Waals surface area contributed by atoms with Gasteiger partial charge in [-0.3, -0.25) is 19.6 Å². The van der Waals surface area contributed by atoms with Crippen LogP contribution in [-0.2, 0) is 13.1 Å². The first-order valence-corrected chi connectivity index (χ1v) is 8.19. The molecule has 3 aromatic rings. The highest BCUT2D eigenvalue weighted by Crippen LogP contribution is 2.22. The molecule has 1 amide bonds. The number of nitrogens with one attached hydrogen (secondary N) is 1. The number of nitro benzene ring substituents is 1. The van der Waals surface area contributed by atoms with E-state index in [1.165, 1.54) is 18.2 Å². The molecule has 0 aliphatic carbocycles. The van der Waals surface area contributed by atoms with Crippen LogP contribution in [0.5, 0.6) is 0 Å². The van der Waals surface area contributed by atoms with E-state index >= 15 is 0 Å². The fraction of sp³-hybridized carbons (Fsp3) is 0.111. The Labute approximate surface area is 154 Å². The van der Waals surface area contributed by atoms with Crippen molar-refractivity contribution in [3.63, 3.8) is 0 Å². The van der Waals surface area contributed by atoms with E-state index in [2.05, 4.69) is 10.4 Å². The number of non-ortho nitro benzene ring substituents is 1. The molecule has 1 heterocycles. The number of benzene rings is 2. The van der Waals surface area contributed by atoms with Crippen molar-refractivity contribution >= 4 is 23.2 Å². The summed E-state index contributed by atoms with van der Waals surface area (Å²) in [4.78, 5) is 22.7. The molecule has 0 fully saturated rings. The van der Waals surface area contributed by atoms with Gasteiger partial charge in [-0.05, 0) is 23.3 Å². The Morgan fingerprint density at radius 3 is 2.65 bits per heavy atom.